The van der Waals surface area contributed by atoms with Crippen LogP contribution >= 0.6 is 0 Å². The Balaban J connectivity index is 1.18. The quantitative estimate of drug-likeness (QED) is 0.165. The Kier molecular flexibility index (Phi) is 9.42. The maximum atomic E-state index is 12.6. The number of nitriles is 2. The van der Waals surface area contributed by atoms with E-state index in [0.717, 1.165) is 137 Å². The van der Waals surface area contributed by atoms with E-state index in [2.05, 4.69) is 191 Å². The molecule has 0 atom stereocenters. The molecule has 0 saturated carbocycles. The van der Waals surface area contributed by atoms with Gasteiger partial charge in [-0.2, -0.15) is 10.5 Å². The predicted octanol–water partition coefficient (Wildman–Crippen LogP) is 20.0. The normalized spacial score (nSPS) is 11.9. The number of furan rings is 3. The van der Waals surface area contributed by atoms with Gasteiger partial charge in [-0.15, -0.1) is 0 Å². The number of aromatic nitrogens is 2. The first-order valence-electron chi connectivity index (χ1n) is 27.0. The summed E-state index contributed by atoms with van der Waals surface area (Å²) in [5.41, 5.74) is 16.5. The zero-order chi connectivity index (χ0) is 53.4. The fraction of sp³-hybridized carbons (Fsp3) is 0. The zero-order valence-corrected chi connectivity index (χ0v) is 43.1. The maximum absolute atomic E-state index is 12.6. The van der Waals surface area contributed by atoms with Crippen LogP contribution in [0.1, 0.15) is 11.1 Å². The van der Waals surface area contributed by atoms with Crippen molar-refractivity contribution in [1.82, 2.24) is 9.13 Å². The fourth-order valence-corrected chi connectivity index (χ4v) is 13.3. The summed E-state index contributed by atoms with van der Waals surface area (Å²) < 4.78 is 25.4. The summed E-state index contributed by atoms with van der Waals surface area (Å²) in [4.78, 5) is 0. The molecular weight excluding hydrogens is 993 g/mol. The smallest absolute Gasteiger partial charge is 0.157 e. The molecule has 7 nitrogen and oxygen atoms in total. The zero-order valence-electron chi connectivity index (χ0n) is 43.1. The number of benzene rings is 12. The third kappa shape index (κ3) is 6.26. The Labute approximate surface area is 461 Å². The Bertz CT molecular complexity index is 5590. The van der Waals surface area contributed by atoms with Crippen molar-refractivity contribution >= 4 is 109 Å². The summed E-state index contributed by atoms with van der Waals surface area (Å²) in [6, 6.07) is 89.0. The average Bonchev–Trinajstić information content (AvgIpc) is 4.49. The minimum absolute atomic E-state index is 0.228. The molecule has 0 aliphatic heterocycles. The van der Waals surface area contributed by atoms with Crippen LogP contribution in [0.25, 0.3) is 165 Å². The molecule has 0 bridgehead atoms. The van der Waals surface area contributed by atoms with Crippen molar-refractivity contribution in [1.29, 1.82) is 10.5 Å². The van der Waals surface area contributed by atoms with Gasteiger partial charge in [0.05, 0.1) is 38.8 Å². The number of hydrogen-bond donors (Lipinski definition) is 0. The Morgan fingerprint density at radius 2 is 0.667 bits per heavy atom. The van der Waals surface area contributed by atoms with E-state index in [0.29, 0.717) is 33.5 Å². The monoisotopic (exact) mass is 1030 g/mol. The van der Waals surface area contributed by atoms with Gasteiger partial charge in [0, 0.05) is 65.2 Å². The van der Waals surface area contributed by atoms with E-state index in [-0.39, 0.29) is 5.56 Å². The molecule has 5 heterocycles. The van der Waals surface area contributed by atoms with Crippen LogP contribution in [0, 0.1) is 22.7 Å². The molecule has 0 radical (unpaired) electrons. The lowest BCUT2D eigenvalue weighted by atomic mass is 9.80. The topological polar surface area (TPSA) is 96.9 Å². The molecule has 0 unspecified atom stereocenters. The SMILES string of the molecule is N#Cc1c(-n2c3ccccc3c3cc4oc5ccccc5c4cc32)c(C#N)c2oc3c(-c4ccccc4)c(-c4ccccc4)c(-c4ccccc4)c(-c4ccccc4)c3c2c1-n1c2ccccc2c2cc3oc4ccccc4c3cc21. The van der Waals surface area contributed by atoms with Crippen LogP contribution < -0.4 is 0 Å². The van der Waals surface area contributed by atoms with E-state index >= 15 is 0 Å². The molecule has 12 aromatic carbocycles. The first-order valence-corrected chi connectivity index (χ1v) is 27.0. The van der Waals surface area contributed by atoms with Gasteiger partial charge in [0.1, 0.15) is 51.2 Å². The van der Waals surface area contributed by atoms with Crippen molar-refractivity contribution in [2.24, 2.45) is 0 Å². The molecule has 0 aliphatic rings. The van der Waals surface area contributed by atoms with Crippen molar-refractivity contribution < 1.29 is 13.3 Å². The molecule has 17 aromatic rings. The molecule has 5 aromatic heterocycles. The second kappa shape index (κ2) is 17.1. The lowest BCUT2D eigenvalue weighted by Crippen LogP contribution is -2.08. The molecule has 374 valence electrons. The van der Waals surface area contributed by atoms with Crippen LogP contribution in [-0.4, -0.2) is 9.13 Å². The Morgan fingerprint density at radius 1 is 0.272 bits per heavy atom. The lowest BCUT2D eigenvalue weighted by Gasteiger charge is -2.23. The van der Waals surface area contributed by atoms with Gasteiger partial charge in [0.25, 0.3) is 0 Å². The van der Waals surface area contributed by atoms with Crippen LogP contribution in [0.5, 0.6) is 0 Å². The van der Waals surface area contributed by atoms with Gasteiger partial charge >= 0.3 is 0 Å². The van der Waals surface area contributed by atoms with Crippen molar-refractivity contribution in [3.8, 4) is 68.0 Å². The minimum atomic E-state index is 0.228. The third-order valence-corrected chi connectivity index (χ3v) is 16.6. The summed E-state index contributed by atoms with van der Waals surface area (Å²) in [5, 5.41) is 34.0. The Hall–Kier alpha value is -11.4. The van der Waals surface area contributed by atoms with Gasteiger partial charge in [-0.1, -0.05) is 194 Å². The molecule has 0 amide bonds. The van der Waals surface area contributed by atoms with E-state index in [4.69, 9.17) is 13.3 Å². The van der Waals surface area contributed by atoms with Crippen molar-refractivity contribution in [3.05, 3.63) is 254 Å². The molecule has 0 fully saturated rings. The third-order valence-electron chi connectivity index (χ3n) is 16.6. The maximum Gasteiger partial charge on any atom is 0.157 e. The van der Waals surface area contributed by atoms with Gasteiger partial charge < -0.3 is 22.4 Å². The molecule has 7 heteroatoms. The summed E-state index contributed by atoms with van der Waals surface area (Å²) in [6.45, 7) is 0. The van der Waals surface area contributed by atoms with E-state index in [9.17, 15) is 10.5 Å². The molecule has 17 rings (SSSR count). The molecule has 81 heavy (non-hydrogen) atoms. The van der Waals surface area contributed by atoms with Gasteiger partial charge in [0.2, 0.25) is 0 Å². The molecule has 0 spiro atoms. The fourth-order valence-electron chi connectivity index (χ4n) is 13.3. The van der Waals surface area contributed by atoms with E-state index in [1.165, 1.54) is 0 Å². The van der Waals surface area contributed by atoms with Crippen LogP contribution in [0.15, 0.2) is 256 Å². The average molecular weight is 1030 g/mol. The summed E-state index contributed by atoms with van der Waals surface area (Å²) >= 11 is 0. The first-order chi connectivity index (χ1) is 40.1. The second-order valence-corrected chi connectivity index (χ2v) is 20.8. The summed E-state index contributed by atoms with van der Waals surface area (Å²) in [5.74, 6) is 0. The highest BCUT2D eigenvalue weighted by Gasteiger charge is 2.35. The Morgan fingerprint density at radius 3 is 1.15 bits per heavy atom. The minimum Gasteiger partial charge on any atom is -0.456 e. The van der Waals surface area contributed by atoms with Crippen molar-refractivity contribution in [2.75, 3.05) is 0 Å². The summed E-state index contributed by atoms with van der Waals surface area (Å²) in [7, 11) is 0. The largest absolute Gasteiger partial charge is 0.456 e. The standard InChI is InChI=1S/C74H40N4O3/c75-41-55-71(77-57-33-17-13-29-47(57)51-39-63-53(37-59(51)77)49-31-15-19-35-61(49)79-63)56(42-76)73-70(72(55)78-58-34-18-14-30-48(58)52-40-64-54(38-60(52)78)50-32-16-20-36-62(50)80-64)69-67(45-25-9-3-10-26-45)65(43-21-5-1-6-22-43)66(44-23-7-2-8-24-44)68(74(69)81-73)46-27-11-4-12-28-46/h1-40H. The number of fused-ring (bicyclic) bond motifs is 15. The van der Waals surface area contributed by atoms with Gasteiger partial charge in [0.15, 0.2) is 5.58 Å². The van der Waals surface area contributed by atoms with E-state index in [1.54, 1.807) is 0 Å². The van der Waals surface area contributed by atoms with E-state index in [1.807, 2.05) is 72.8 Å². The van der Waals surface area contributed by atoms with Crippen LogP contribution in [0.3, 0.4) is 0 Å². The summed E-state index contributed by atoms with van der Waals surface area (Å²) in [6.07, 6.45) is 0. The molecule has 0 aliphatic carbocycles. The number of para-hydroxylation sites is 4. The van der Waals surface area contributed by atoms with Gasteiger partial charge in [-0.3, -0.25) is 0 Å². The van der Waals surface area contributed by atoms with E-state index < -0.39 is 0 Å². The second-order valence-electron chi connectivity index (χ2n) is 20.8. The van der Waals surface area contributed by atoms with Crippen molar-refractivity contribution in [2.45, 2.75) is 0 Å². The van der Waals surface area contributed by atoms with Crippen LogP contribution in [0.2, 0.25) is 0 Å². The predicted molar refractivity (Wildman–Crippen MR) is 328 cm³/mol. The highest BCUT2D eigenvalue weighted by molar-refractivity contribution is 6.29. The van der Waals surface area contributed by atoms with Crippen LogP contribution in [-0.2, 0) is 0 Å². The first kappa shape index (κ1) is 44.7. The lowest BCUT2D eigenvalue weighted by molar-refractivity contribution is 0.668. The number of hydrogen-bond acceptors (Lipinski definition) is 5. The van der Waals surface area contributed by atoms with Crippen LogP contribution in [0.4, 0.5) is 0 Å². The molecule has 0 N–H and O–H groups in total. The van der Waals surface area contributed by atoms with Gasteiger partial charge in [-0.25, -0.2) is 0 Å². The molecular formula is C74H40N4O3. The number of nitrogens with zero attached hydrogens (tertiary/aromatic N) is 4. The number of rotatable bonds is 6. The molecule has 0 saturated heterocycles. The highest BCUT2D eigenvalue weighted by Crippen LogP contribution is 2.56. The highest BCUT2D eigenvalue weighted by atomic mass is 16.3. The van der Waals surface area contributed by atoms with Crippen molar-refractivity contribution in [3.63, 3.8) is 0 Å². The van der Waals surface area contributed by atoms with Gasteiger partial charge in [-0.05, 0) is 76.3 Å².